The Balaban J connectivity index is 1.56. The minimum atomic E-state index is -3.54. The summed E-state index contributed by atoms with van der Waals surface area (Å²) in [6, 6.07) is 27.9. The van der Waals surface area contributed by atoms with Crippen LogP contribution in [0.15, 0.2) is 103 Å². The molecular formula is C36H43N8O5P. The summed E-state index contributed by atoms with van der Waals surface area (Å²) >= 11 is 0. The molecule has 262 valence electrons. The number of fused-ring (bicyclic) bond motifs is 1. The van der Waals surface area contributed by atoms with Crippen molar-refractivity contribution in [1.29, 1.82) is 0 Å². The lowest BCUT2D eigenvalue weighted by Gasteiger charge is -2.37. The first-order chi connectivity index (χ1) is 24.2. The van der Waals surface area contributed by atoms with Gasteiger partial charge in [0.1, 0.15) is 29.5 Å². The molecule has 1 N–H and O–H groups in total. The van der Waals surface area contributed by atoms with Crippen LogP contribution in [0.5, 0.6) is 5.75 Å². The molecule has 0 bridgehead atoms. The second-order valence-electron chi connectivity index (χ2n) is 12.2. The summed E-state index contributed by atoms with van der Waals surface area (Å²) in [5.41, 5.74) is 12.1. The van der Waals surface area contributed by atoms with E-state index in [1.54, 1.807) is 41.1 Å². The minimum Gasteiger partial charge on any atom is -0.497 e. The lowest BCUT2D eigenvalue weighted by Crippen LogP contribution is -2.38. The van der Waals surface area contributed by atoms with Gasteiger partial charge in [0.15, 0.2) is 11.5 Å². The second-order valence-corrected chi connectivity index (χ2v) is 14.1. The van der Waals surface area contributed by atoms with E-state index in [4.69, 9.17) is 34.0 Å². The van der Waals surface area contributed by atoms with E-state index in [1.165, 1.54) is 6.33 Å². The quantitative estimate of drug-likeness (QED) is 0.0311. The Kier molecular flexibility index (Phi) is 12.2. The second kappa shape index (κ2) is 16.8. The molecule has 0 saturated carbocycles. The first kappa shape index (κ1) is 36.5. The van der Waals surface area contributed by atoms with E-state index < -0.39 is 13.1 Å². The molecular weight excluding hydrogens is 655 g/mol. The number of imidazole rings is 1. The van der Waals surface area contributed by atoms with Gasteiger partial charge in [-0.2, -0.15) is 0 Å². The van der Waals surface area contributed by atoms with Gasteiger partial charge in [-0.25, -0.2) is 15.0 Å². The highest BCUT2D eigenvalue weighted by Crippen LogP contribution is 2.50. The molecule has 1 atom stereocenters. The molecule has 14 heteroatoms. The third kappa shape index (κ3) is 8.50. The van der Waals surface area contributed by atoms with Crippen molar-refractivity contribution < 1.29 is 23.1 Å². The molecule has 0 aliphatic carbocycles. The predicted molar refractivity (Wildman–Crippen MR) is 193 cm³/mol. The average Bonchev–Trinajstić information content (AvgIpc) is 3.55. The van der Waals surface area contributed by atoms with Gasteiger partial charge in [0.05, 0.1) is 38.3 Å². The SMILES string of the molecule is COc1ccc(C(Nc2ncnc3c2ncn3C(CCN=[N+]=[N-])COCP(=O)(OC(C)C)OC(C)C)(c2ccccc2)c2ccccc2)cc1. The summed E-state index contributed by atoms with van der Waals surface area (Å²) < 4.78 is 38.1. The van der Waals surface area contributed by atoms with E-state index in [0.717, 1.165) is 22.4 Å². The zero-order valence-electron chi connectivity index (χ0n) is 28.9. The number of nitrogens with zero attached hydrogens (tertiary/aromatic N) is 7. The summed E-state index contributed by atoms with van der Waals surface area (Å²) in [4.78, 5) is 17.0. The molecule has 0 aliphatic heterocycles. The largest absolute Gasteiger partial charge is 0.497 e. The van der Waals surface area contributed by atoms with Crippen molar-refractivity contribution in [3.05, 3.63) is 125 Å². The van der Waals surface area contributed by atoms with Gasteiger partial charge in [-0.1, -0.05) is 77.9 Å². The molecule has 5 rings (SSSR count). The summed E-state index contributed by atoms with van der Waals surface area (Å²) in [6.45, 7) is 7.48. The third-order valence-corrected chi connectivity index (χ3v) is 9.91. The number of nitrogens with one attached hydrogen (secondary N) is 1. The molecule has 50 heavy (non-hydrogen) atoms. The Morgan fingerprint density at radius 2 is 1.48 bits per heavy atom. The fourth-order valence-electron chi connectivity index (χ4n) is 5.90. The predicted octanol–water partition coefficient (Wildman–Crippen LogP) is 8.50. The maximum absolute atomic E-state index is 13.4. The Morgan fingerprint density at radius 3 is 2.04 bits per heavy atom. The Hall–Kier alpha value is -4.77. The molecule has 2 aromatic heterocycles. The Bertz CT molecular complexity index is 1860. The molecule has 13 nitrogen and oxygen atoms in total. The van der Waals surface area contributed by atoms with Crippen LogP contribution < -0.4 is 10.1 Å². The average molecular weight is 699 g/mol. The zero-order chi connectivity index (χ0) is 35.6. The molecule has 0 saturated heterocycles. The third-order valence-electron chi connectivity index (χ3n) is 7.92. The summed E-state index contributed by atoms with van der Waals surface area (Å²) in [5.74, 6) is 1.25. The van der Waals surface area contributed by atoms with E-state index in [0.29, 0.717) is 23.4 Å². The van der Waals surface area contributed by atoms with E-state index in [-0.39, 0.29) is 37.7 Å². The van der Waals surface area contributed by atoms with Crippen molar-refractivity contribution in [1.82, 2.24) is 19.5 Å². The van der Waals surface area contributed by atoms with Crippen molar-refractivity contribution >= 4 is 24.6 Å². The molecule has 3 aromatic carbocycles. The van der Waals surface area contributed by atoms with Gasteiger partial charge in [0.2, 0.25) is 0 Å². The van der Waals surface area contributed by atoms with Crippen LogP contribution in [0.2, 0.25) is 0 Å². The van der Waals surface area contributed by atoms with Crippen LogP contribution in [0.3, 0.4) is 0 Å². The van der Waals surface area contributed by atoms with Crippen LogP contribution in [-0.4, -0.2) is 58.3 Å². The van der Waals surface area contributed by atoms with Crippen LogP contribution in [0, 0.1) is 0 Å². The number of aromatic nitrogens is 4. The van der Waals surface area contributed by atoms with Crippen LogP contribution >= 0.6 is 7.60 Å². The molecule has 1 unspecified atom stereocenters. The molecule has 2 heterocycles. The van der Waals surface area contributed by atoms with Crippen molar-refractivity contribution in [2.75, 3.05) is 31.9 Å². The summed E-state index contributed by atoms with van der Waals surface area (Å²) in [7, 11) is -1.90. The highest BCUT2D eigenvalue weighted by atomic mass is 31.2. The number of azide groups is 1. The van der Waals surface area contributed by atoms with Crippen molar-refractivity contribution in [2.24, 2.45) is 5.11 Å². The maximum Gasteiger partial charge on any atom is 0.356 e. The Morgan fingerprint density at radius 1 is 0.880 bits per heavy atom. The van der Waals surface area contributed by atoms with Gasteiger partial charge in [0.25, 0.3) is 0 Å². The van der Waals surface area contributed by atoms with Gasteiger partial charge in [0, 0.05) is 11.5 Å². The Labute approximate surface area is 292 Å². The fourth-order valence-corrected chi connectivity index (χ4v) is 7.69. The van der Waals surface area contributed by atoms with E-state index >= 15 is 0 Å². The lowest BCUT2D eigenvalue weighted by atomic mass is 9.77. The van der Waals surface area contributed by atoms with E-state index in [9.17, 15) is 4.57 Å². The molecule has 0 spiro atoms. The maximum atomic E-state index is 13.4. The zero-order valence-corrected chi connectivity index (χ0v) is 29.8. The number of methoxy groups -OCH3 is 1. The van der Waals surface area contributed by atoms with Gasteiger partial charge in [-0.05, 0) is 68.5 Å². The van der Waals surface area contributed by atoms with Crippen molar-refractivity contribution in [3.8, 4) is 5.75 Å². The molecule has 0 fully saturated rings. The summed E-state index contributed by atoms with van der Waals surface area (Å²) in [6.07, 6.45) is 2.69. The number of hydrogen-bond acceptors (Lipinski definition) is 10. The highest BCUT2D eigenvalue weighted by Gasteiger charge is 2.38. The number of rotatable bonds is 18. The monoisotopic (exact) mass is 698 g/mol. The van der Waals surface area contributed by atoms with E-state index in [2.05, 4.69) is 44.6 Å². The fraction of sp³-hybridized carbons (Fsp3) is 0.361. The standard InChI is InChI=1S/C36H43N8O5P/c1-26(2)48-50(45,49-27(3)4)25-47-22-31(20-21-41-43-37)44-24-40-33-34(38-23-39-35(33)44)42-36(28-12-8-6-9-13-28,29-14-10-7-11-15-29)30-16-18-32(46-5)19-17-30/h6-19,23-24,26-27,31H,20-22,25H2,1-5H3,(H,38,39,42). The van der Waals surface area contributed by atoms with Crippen LogP contribution in [-0.2, 0) is 23.9 Å². The first-order valence-corrected chi connectivity index (χ1v) is 18.2. The van der Waals surface area contributed by atoms with Crippen LogP contribution in [0.1, 0.15) is 56.8 Å². The molecule has 0 aliphatic rings. The topological polar surface area (TPSA) is 158 Å². The number of anilines is 1. The minimum absolute atomic E-state index is 0.107. The van der Waals surface area contributed by atoms with Gasteiger partial charge in [-0.15, -0.1) is 0 Å². The van der Waals surface area contributed by atoms with Crippen molar-refractivity contribution in [3.63, 3.8) is 0 Å². The number of benzene rings is 3. The molecule has 5 aromatic rings. The van der Waals surface area contributed by atoms with Crippen molar-refractivity contribution in [2.45, 2.75) is 57.9 Å². The number of ether oxygens (including phenoxy) is 2. The first-order valence-electron chi connectivity index (χ1n) is 16.4. The van der Waals surface area contributed by atoms with Crippen LogP contribution in [0.25, 0.3) is 21.6 Å². The summed E-state index contributed by atoms with van der Waals surface area (Å²) in [5, 5.41) is 7.54. The van der Waals surface area contributed by atoms with E-state index in [1.807, 2.05) is 65.2 Å². The smallest absolute Gasteiger partial charge is 0.356 e. The van der Waals surface area contributed by atoms with Gasteiger partial charge >= 0.3 is 7.60 Å². The van der Waals surface area contributed by atoms with Gasteiger partial charge < -0.3 is 28.4 Å². The van der Waals surface area contributed by atoms with Crippen LogP contribution in [0.4, 0.5) is 5.82 Å². The molecule has 0 amide bonds. The highest BCUT2D eigenvalue weighted by molar-refractivity contribution is 7.53. The molecule has 0 radical (unpaired) electrons. The van der Waals surface area contributed by atoms with Gasteiger partial charge in [-0.3, -0.25) is 4.57 Å². The number of hydrogen-bond donors (Lipinski definition) is 1. The lowest BCUT2D eigenvalue weighted by molar-refractivity contribution is 0.0849. The normalized spacial score (nSPS) is 12.6.